The molecular weight excluding hydrogens is 174 g/mol. The summed E-state index contributed by atoms with van der Waals surface area (Å²) in [6.07, 6.45) is 0.557. The molecule has 0 N–H and O–H groups in total. The molecule has 0 amide bonds. The summed E-state index contributed by atoms with van der Waals surface area (Å²) in [5.74, 6) is -0.810. The van der Waals surface area contributed by atoms with Gasteiger partial charge in [0.05, 0.1) is 0 Å². The maximum atomic E-state index is 12.9. The zero-order valence-corrected chi connectivity index (χ0v) is 8.52. The molecule has 3 heteroatoms. The van der Waals surface area contributed by atoms with Crippen molar-refractivity contribution in [3.05, 3.63) is 35.4 Å². The van der Waals surface area contributed by atoms with Crippen LogP contribution < -0.4 is 0 Å². The molecule has 12 heavy (non-hydrogen) atoms. The molecule has 66 valence electrons. The van der Waals surface area contributed by atoms with Gasteiger partial charge in [0.1, 0.15) is 11.6 Å². The Hall–Kier alpha value is -0.703. The lowest BCUT2D eigenvalue weighted by atomic mass is 10.1. The molecule has 0 aliphatic heterocycles. The van der Waals surface area contributed by atoms with Gasteiger partial charge in [0.25, 0.3) is 0 Å². The van der Waals surface area contributed by atoms with Gasteiger partial charge >= 0.3 is 0 Å². The molecule has 1 aromatic rings. The predicted octanol–water partition coefficient (Wildman–Crippen LogP) is 2.14. The van der Waals surface area contributed by atoms with Crippen LogP contribution >= 0.6 is 0 Å². The van der Waals surface area contributed by atoms with Gasteiger partial charge in [-0.05, 0) is 18.6 Å². The van der Waals surface area contributed by atoms with Crippen molar-refractivity contribution in [3.63, 3.8) is 0 Å². The largest absolute Gasteiger partial charge is 0.207 e. The Labute approximate surface area is 73.4 Å². The van der Waals surface area contributed by atoms with E-state index in [0.29, 0.717) is 6.42 Å². The third kappa shape index (κ3) is 2.14. The molecule has 0 aliphatic carbocycles. The van der Waals surface area contributed by atoms with Crippen LogP contribution in [0.4, 0.5) is 8.78 Å². The van der Waals surface area contributed by atoms with E-state index in [4.69, 9.17) is 0 Å². The Morgan fingerprint density at radius 2 is 1.83 bits per heavy atom. The molecule has 0 saturated carbocycles. The van der Waals surface area contributed by atoms with Crippen LogP contribution in [0.5, 0.6) is 0 Å². The molecule has 0 aliphatic rings. The van der Waals surface area contributed by atoms with E-state index in [1.54, 1.807) is 0 Å². The second-order valence-corrected chi connectivity index (χ2v) is 4.51. The van der Waals surface area contributed by atoms with Crippen LogP contribution in [0, 0.1) is 11.6 Å². The fourth-order valence-corrected chi connectivity index (χ4v) is 1.83. The SMILES string of the molecule is C[SiH2]CCc1c(F)cccc1F. The Balaban J connectivity index is 2.81. The van der Waals surface area contributed by atoms with Crippen molar-refractivity contribution in [2.24, 2.45) is 0 Å². The van der Waals surface area contributed by atoms with Crippen LogP contribution in [0.1, 0.15) is 5.56 Å². The van der Waals surface area contributed by atoms with Crippen molar-refractivity contribution in [2.45, 2.75) is 19.0 Å². The van der Waals surface area contributed by atoms with Crippen LogP contribution in [-0.4, -0.2) is 9.52 Å². The Morgan fingerprint density at radius 1 is 1.25 bits per heavy atom. The highest BCUT2D eigenvalue weighted by atomic mass is 28.2. The highest BCUT2D eigenvalue weighted by molar-refractivity contribution is 6.33. The third-order valence-electron chi connectivity index (χ3n) is 1.84. The van der Waals surface area contributed by atoms with Gasteiger partial charge in [-0.15, -0.1) is 0 Å². The van der Waals surface area contributed by atoms with Gasteiger partial charge in [-0.2, -0.15) is 0 Å². The average molecular weight is 186 g/mol. The molecular formula is C9H12F2Si. The maximum absolute atomic E-state index is 12.9. The van der Waals surface area contributed by atoms with Gasteiger partial charge < -0.3 is 0 Å². The summed E-state index contributed by atoms with van der Waals surface area (Å²) in [5.41, 5.74) is 0.256. The normalized spacial score (nSPS) is 11.2. The van der Waals surface area contributed by atoms with E-state index in [0.717, 1.165) is 6.04 Å². The lowest BCUT2D eigenvalue weighted by Gasteiger charge is -2.02. The quantitative estimate of drug-likeness (QED) is 0.634. The molecule has 0 nitrogen and oxygen atoms in total. The molecule has 0 radical (unpaired) electrons. The number of halogens is 2. The van der Waals surface area contributed by atoms with Crippen LogP contribution in [0.3, 0.4) is 0 Å². The first-order valence-electron chi connectivity index (χ1n) is 4.18. The fourth-order valence-electron chi connectivity index (χ4n) is 1.12. The molecule has 0 atom stereocenters. The standard InChI is InChI=1S/C9H12F2Si/c1-12-6-5-7-8(10)3-2-4-9(7)11/h2-4H,5-6,12H2,1H3. The van der Waals surface area contributed by atoms with Gasteiger partial charge in [0, 0.05) is 15.1 Å². The smallest absolute Gasteiger partial charge is 0.129 e. The van der Waals surface area contributed by atoms with Crippen molar-refractivity contribution in [2.75, 3.05) is 0 Å². The molecule has 1 rings (SSSR count). The zero-order valence-electron chi connectivity index (χ0n) is 7.11. The first-order chi connectivity index (χ1) is 5.75. The van der Waals surface area contributed by atoms with Crippen molar-refractivity contribution in [3.8, 4) is 0 Å². The van der Waals surface area contributed by atoms with Gasteiger partial charge in [0.15, 0.2) is 0 Å². The number of rotatable bonds is 3. The van der Waals surface area contributed by atoms with E-state index < -0.39 is 11.6 Å². The molecule has 0 unspecified atom stereocenters. The van der Waals surface area contributed by atoms with Crippen LogP contribution in [-0.2, 0) is 6.42 Å². The summed E-state index contributed by atoms with van der Waals surface area (Å²) in [4.78, 5) is 0. The minimum Gasteiger partial charge on any atom is -0.207 e. The monoisotopic (exact) mass is 186 g/mol. The topological polar surface area (TPSA) is 0 Å². The molecule has 0 heterocycles. The van der Waals surface area contributed by atoms with Gasteiger partial charge in [0.2, 0.25) is 0 Å². The van der Waals surface area contributed by atoms with E-state index in [9.17, 15) is 8.78 Å². The molecule has 0 fully saturated rings. The predicted molar refractivity (Wildman–Crippen MR) is 49.3 cm³/mol. The number of hydrogen-bond donors (Lipinski definition) is 0. The summed E-state index contributed by atoms with van der Waals surface area (Å²) < 4.78 is 25.9. The first kappa shape index (κ1) is 9.39. The van der Waals surface area contributed by atoms with Crippen LogP contribution in [0.15, 0.2) is 18.2 Å². The fraction of sp³-hybridized carbons (Fsp3) is 0.333. The van der Waals surface area contributed by atoms with E-state index >= 15 is 0 Å². The summed E-state index contributed by atoms with van der Waals surface area (Å²) in [7, 11) is -0.0951. The Morgan fingerprint density at radius 3 is 2.33 bits per heavy atom. The number of hydrogen-bond acceptors (Lipinski definition) is 0. The van der Waals surface area contributed by atoms with Crippen molar-refractivity contribution in [1.82, 2.24) is 0 Å². The average Bonchev–Trinajstić information content (AvgIpc) is 2.04. The minimum absolute atomic E-state index is 0.0951. The van der Waals surface area contributed by atoms with Crippen molar-refractivity contribution in [1.29, 1.82) is 0 Å². The van der Waals surface area contributed by atoms with E-state index in [-0.39, 0.29) is 15.1 Å². The summed E-state index contributed by atoms with van der Waals surface area (Å²) in [5, 5.41) is 0. The first-order valence-corrected chi connectivity index (χ1v) is 6.60. The van der Waals surface area contributed by atoms with Crippen molar-refractivity contribution < 1.29 is 8.78 Å². The van der Waals surface area contributed by atoms with Gasteiger partial charge in [-0.1, -0.05) is 18.7 Å². The van der Waals surface area contributed by atoms with Gasteiger partial charge in [-0.25, -0.2) is 8.78 Å². The van der Waals surface area contributed by atoms with E-state index in [2.05, 4.69) is 6.55 Å². The third-order valence-corrected chi connectivity index (χ3v) is 2.90. The molecule has 1 aromatic carbocycles. The Bertz CT molecular complexity index is 240. The highest BCUT2D eigenvalue weighted by Gasteiger charge is 2.06. The van der Waals surface area contributed by atoms with E-state index in [1.165, 1.54) is 18.2 Å². The molecule has 0 bridgehead atoms. The second kappa shape index (κ2) is 4.35. The summed E-state index contributed by atoms with van der Waals surface area (Å²) >= 11 is 0. The lowest BCUT2D eigenvalue weighted by Crippen LogP contribution is -1.96. The van der Waals surface area contributed by atoms with Crippen LogP contribution in [0.25, 0.3) is 0 Å². The van der Waals surface area contributed by atoms with Gasteiger partial charge in [-0.3, -0.25) is 0 Å². The summed E-state index contributed by atoms with van der Waals surface area (Å²) in [6, 6.07) is 5.00. The maximum Gasteiger partial charge on any atom is 0.129 e. The van der Waals surface area contributed by atoms with E-state index in [1.807, 2.05) is 0 Å². The highest BCUT2D eigenvalue weighted by Crippen LogP contribution is 2.13. The molecule has 0 spiro atoms. The van der Waals surface area contributed by atoms with Crippen molar-refractivity contribution >= 4 is 9.52 Å². The number of benzene rings is 1. The molecule has 0 aromatic heterocycles. The molecule has 0 saturated heterocycles. The second-order valence-electron chi connectivity index (χ2n) is 2.80. The minimum atomic E-state index is -0.405. The summed E-state index contributed by atoms with van der Waals surface area (Å²) in [6.45, 7) is 2.14. The zero-order chi connectivity index (χ0) is 8.97. The lowest BCUT2D eigenvalue weighted by molar-refractivity contribution is 0.559. The Kier molecular flexibility index (Phi) is 3.41. The van der Waals surface area contributed by atoms with Crippen LogP contribution in [0.2, 0.25) is 12.6 Å².